The van der Waals surface area contributed by atoms with Crippen LogP contribution in [-0.4, -0.2) is 10.2 Å². The van der Waals surface area contributed by atoms with Crippen molar-refractivity contribution in [2.75, 3.05) is 0 Å². The summed E-state index contributed by atoms with van der Waals surface area (Å²) < 4.78 is 0. The van der Waals surface area contributed by atoms with Crippen LogP contribution in [0.4, 0.5) is 0 Å². The van der Waals surface area contributed by atoms with E-state index < -0.39 is 0 Å². The Kier molecular flexibility index (Phi) is 9.85. The molecule has 0 saturated heterocycles. The standard InChI is InChI=1S/C13H19ClO.C12H17ClO/c1-5-6-8(2)12-10(4)13(14)9(3)7-11(12)15;1-5-9-8(4)11(13)6-10(7(2)3)12(9)14/h7-8,15H,5-6H2,1-4H3;6-7,14H,5H2,1-4H3. The number of aryl methyl sites for hydroxylation is 1. The number of halogens is 2. The van der Waals surface area contributed by atoms with Crippen molar-refractivity contribution >= 4 is 23.2 Å². The van der Waals surface area contributed by atoms with Crippen molar-refractivity contribution in [1.82, 2.24) is 0 Å². The fourth-order valence-corrected chi connectivity index (χ4v) is 4.22. The van der Waals surface area contributed by atoms with Crippen molar-refractivity contribution < 1.29 is 10.2 Å². The maximum atomic E-state index is 10.0. The zero-order valence-electron chi connectivity index (χ0n) is 19.1. The van der Waals surface area contributed by atoms with Gasteiger partial charge in [-0.3, -0.25) is 0 Å². The highest BCUT2D eigenvalue weighted by Crippen LogP contribution is 2.37. The molecule has 1 atom stereocenters. The van der Waals surface area contributed by atoms with E-state index in [0.29, 0.717) is 23.3 Å². The Morgan fingerprint density at radius 1 is 0.931 bits per heavy atom. The average Bonchev–Trinajstić information content (AvgIpc) is 2.64. The topological polar surface area (TPSA) is 40.5 Å². The van der Waals surface area contributed by atoms with Gasteiger partial charge in [-0.1, -0.05) is 64.2 Å². The van der Waals surface area contributed by atoms with Crippen LogP contribution in [0.5, 0.6) is 11.5 Å². The third kappa shape index (κ3) is 6.06. The highest BCUT2D eigenvalue weighted by molar-refractivity contribution is 6.32. The summed E-state index contributed by atoms with van der Waals surface area (Å²) in [6.07, 6.45) is 3.01. The summed E-state index contributed by atoms with van der Waals surface area (Å²) in [7, 11) is 0. The summed E-state index contributed by atoms with van der Waals surface area (Å²) in [5, 5.41) is 21.5. The molecule has 29 heavy (non-hydrogen) atoms. The number of phenolic OH excluding ortho intramolecular Hbond substituents is 2. The van der Waals surface area contributed by atoms with Crippen molar-refractivity contribution in [2.24, 2.45) is 0 Å². The van der Waals surface area contributed by atoms with Crippen LogP contribution in [0.25, 0.3) is 0 Å². The highest BCUT2D eigenvalue weighted by Gasteiger charge is 2.16. The third-order valence-electron chi connectivity index (χ3n) is 5.55. The molecule has 0 amide bonds. The predicted molar refractivity (Wildman–Crippen MR) is 127 cm³/mol. The van der Waals surface area contributed by atoms with Crippen molar-refractivity contribution in [3.63, 3.8) is 0 Å². The second kappa shape index (κ2) is 11.1. The van der Waals surface area contributed by atoms with E-state index in [-0.39, 0.29) is 0 Å². The SMILES string of the molecule is CCCC(C)c1c(O)cc(C)c(Cl)c1C.CCc1c(C)c(Cl)cc(C(C)C)c1O. The summed E-state index contributed by atoms with van der Waals surface area (Å²) in [5.74, 6) is 1.48. The van der Waals surface area contributed by atoms with Crippen LogP contribution in [0.3, 0.4) is 0 Å². The van der Waals surface area contributed by atoms with E-state index in [4.69, 9.17) is 23.2 Å². The molecular weight excluding hydrogens is 403 g/mol. The Hall–Kier alpha value is -1.38. The lowest BCUT2D eigenvalue weighted by Crippen LogP contribution is -1.99. The van der Waals surface area contributed by atoms with Gasteiger partial charge in [0.1, 0.15) is 11.5 Å². The Morgan fingerprint density at radius 3 is 2.00 bits per heavy atom. The molecule has 2 aromatic carbocycles. The van der Waals surface area contributed by atoms with Crippen LogP contribution in [0, 0.1) is 20.8 Å². The molecule has 0 aromatic heterocycles. The van der Waals surface area contributed by atoms with Gasteiger partial charge in [0.15, 0.2) is 0 Å². The van der Waals surface area contributed by atoms with E-state index in [1.54, 1.807) is 6.07 Å². The van der Waals surface area contributed by atoms with Gasteiger partial charge >= 0.3 is 0 Å². The maximum absolute atomic E-state index is 10.0. The van der Waals surface area contributed by atoms with Crippen LogP contribution in [0.1, 0.15) is 92.7 Å². The minimum absolute atomic E-state index is 0.304. The monoisotopic (exact) mass is 438 g/mol. The van der Waals surface area contributed by atoms with Crippen LogP contribution >= 0.6 is 23.2 Å². The van der Waals surface area contributed by atoms with Crippen molar-refractivity contribution in [3.8, 4) is 11.5 Å². The molecule has 0 bridgehead atoms. The van der Waals surface area contributed by atoms with Gasteiger partial charge in [0.2, 0.25) is 0 Å². The van der Waals surface area contributed by atoms with Gasteiger partial charge in [-0.2, -0.15) is 0 Å². The number of rotatable bonds is 5. The van der Waals surface area contributed by atoms with E-state index in [9.17, 15) is 10.2 Å². The van der Waals surface area contributed by atoms with E-state index in [2.05, 4.69) is 27.7 Å². The first-order valence-electron chi connectivity index (χ1n) is 10.5. The first-order chi connectivity index (χ1) is 13.5. The number of aromatic hydroxyl groups is 2. The van der Waals surface area contributed by atoms with Gasteiger partial charge in [-0.05, 0) is 85.4 Å². The smallest absolute Gasteiger partial charge is 0.122 e. The molecule has 2 N–H and O–H groups in total. The van der Waals surface area contributed by atoms with Gasteiger partial charge in [-0.25, -0.2) is 0 Å². The number of hydrogen-bond acceptors (Lipinski definition) is 2. The van der Waals surface area contributed by atoms with E-state index >= 15 is 0 Å². The van der Waals surface area contributed by atoms with Crippen molar-refractivity contribution in [3.05, 3.63) is 55.6 Å². The lowest BCUT2D eigenvalue weighted by molar-refractivity contribution is 0.457. The molecule has 1 unspecified atom stereocenters. The summed E-state index contributed by atoms with van der Waals surface area (Å²) in [6.45, 7) is 16.3. The van der Waals surface area contributed by atoms with Crippen LogP contribution in [-0.2, 0) is 6.42 Å². The molecule has 0 aliphatic carbocycles. The molecule has 0 spiro atoms. The second-order valence-electron chi connectivity index (χ2n) is 8.16. The van der Waals surface area contributed by atoms with E-state index in [1.165, 1.54) is 0 Å². The number of phenols is 2. The molecule has 2 nitrogen and oxygen atoms in total. The Balaban J connectivity index is 0.000000291. The minimum atomic E-state index is 0.304. The van der Waals surface area contributed by atoms with E-state index in [1.807, 2.05) is 33.8 Å². The highest BCUT2D eigenvalue weighted by atomic mass is 35.5. The molecule has 0 heterocycles. The van der Waals surface area contributed by atoms with Gasteiger partial charge in [0.05, 0.1) is 0 Å². The molecule has 4 heteroatoms. The zero-order chi connectivity index (χ0) is 22.5. The van der Waals surface area contributed by atoms with Gasteiger partial charge in [0.25, 0.3) is 0 Å². The molecule has 162 valence electrons. The lowest BCUT2D eigenvalue weighted by atomic mass is 9.91. The molecule has 0 aliphatic heterocycles. The summed E-state index contributed by atoms with van der Waals surface area (Å²) >= 11 is 12.3. The molecule has 2 rings (SSSR count). The van der Waals surface area contributed by atoms with Crippen LogP contribution < -0.4 is 0 Å². The number of benzene rings is 2. The average molecular weight is 439 g/mol. The third-order valence-corrected chi connectivity index (χ3v) is 6.53. The summed E-state index contributed by atoms with van der Waals surface area (Å²) in [4.78, 5) is 0. The van der Waals surface area contributed by atoms with Gasteiger partial charge in [-0.15, -0.1) is 0 Å². The molecule has 0 fully saturated rings. The second-order valence-corrected chi connectivity index (χ2v) is 8.95. The Labute approximate surface area is 186 Å². The minimum Gasteiger partial charge on any atom is -0.508 e. The molecule has 0 aliphatic rings. The molecular formula is C25H36Cl2O2. The molecule has 0 saturated carbocycles. The van der Waals surface area contributed by atoms with Crippen molar-refractivity contribution in [2.45, 2.75) is 86.5 Å². The fourth-order valence-electron chi connectivity index (χ4n) is 3.83. The quantitative estimate of drug-likeness (QED) is 0.490. The van der Waals surface area contributed by atoms with E-state index in [0.717, 1.165) is 62.7 Å². The molecule has 0 radical (unpaired) electrons. The number of hydrogen-bond donors (Lipinski definition) is 2. The normalized spacial score (nSPS) is 12.0. The first-order valence-corrected chi connectivity index (χ1v) is 11.2. The first kappa shape index (κ1) is 25.7. The zero-order valence-corrected chi connectivity index (χ0v) is 20.6. The summed E-state index contributed by atoms with van der Waals surface area (Å²) in [5.41, 5.74) is 5.89. The fraction of sp³-hybridized carbons (Fsp3) is 0.520. The Morgan fingerprint density at radius 2 is 1.52 bits per heavy atom. The van der Waals surface area contributed by atoms with Crippen LogP contribution in [0.15, 0.2) is 12.1 Å². The Bertz CT molecular complexity index is 842. The largest absolute Gasteiger partial charge is 0.508 e. The summed E-state index contributed by atoms with van der Waals surface area (Å²) in [6, 6.07) is 3.63. The maximum Gasteiger partial charge on any atom is 0.122 e. The van der Waals surface area contributed by atoms with Crippen LogP contribution in [0.2, 0.25) is 10.0 Å². The van der Waals surface area contributed by atoms with Gasteiger partial charge < -0.3 is 10.2 Å². The van der Waals surface area contributed by atoms with Gasteiger partial charge in [0, 0.05) is 15.6 Å². The lowest BCUT2D eigenvalue weighted by Gasteiger charge is -2.18. The van der Waals surface area contributed by atoms with Crippen molar-refractivity contribution in [1.29, 1.82) is 0 Å². The predicted octanol–water partition coefficient (Wildman–Crippen LogP) is 8.61. The molecule has 2 aromatic rings.